The van der Waals surface area contributed by atoms with Crippen LogP contribution in [0.1, 0.15) is 15.9 Å². The molecule has 1 N–H and O–H groups in total. The number of carbonyl (C=O) groups excluding carboxylic acids is 1. The third kappa shape index (κ3) is 3.88. The van der Waals surface area contributed by atoms with E-state index in [0.717, 1.165) is 0 Å². The van der Waals surface area contributed by atoms with Gasteiger partial charge in [0.15, 0.2) is 0 Å². The molecule has 4 nitrogen and oxygen atoms in total. The Balaban J connectivity index is 2.05. The van der Waals surface area contributed by atoms with Crippen molar-refractivity contribution in [3.63, 3.8) is 0 Å². The van der Waals surface area contributed by atoms with Gasteiger partial charge >= 0.3 is 0 Å². The second kappa shape index (κ2) is 6.99. The molecule has 0 aromatic heterocycles. The van der Waals surface area contributed by atoms with Gasteiger partial charge in [0.1, 0.15) is 11.6 Å². The van der Waals surface area contributed by atoms with Crippen molar-refractivity contribution in [2.75, 3.05) is 7.11 Å². The molecule has 2 rings (SSSR count). The maximum absolute atomic E-state index is 13.3. The maximum atomic E-state index is 13.3. The quantitative estimate of drug-likeness (QED) is 0.678. The summed E-state index contributed by atoms with van der Waals surface area (Å²) in [4.78, 5) is 11.9. The molecule has 21 heavy (non-hydrogen) atoms. The summed E-state index contributed by atoms with van der Waals surface area (Å²) in [6, 6.07) is 11.1. The van der Waals surface area contributed by atoms with E-state index in [1.807, 2.05) is 0 Å². The Morgan fingerprint density at radius 3 is 2.76 bits per heavy atom. The van der Waals surface area contributed by atoms with Crippen molar-refractivity contribution < 1.29 is 13.9 Å². The van der Waals surface area contributed by atoms with Gasteiger partial charge in [-0.3, -0.25) is 4.79 Å². The molecule has 0 saturated heterocycles. The number of methoxy groups -OCH3 is 1. The fourth-order valence-electron chi connectivity index (χ4n) is 1.61. The van der Waals surface area contributed by atoms with Crippen molar-refractivity contribution in [3.8, 4) is 5.75 Å². The Labute approximate surface area is 129 Å². The summed E-state index contributed by atoms with van der Waals surface area (Å²) in [5.41, 5.74) is 3.05. The molecule has 0 fully saturated rings. The largest absolute Gasteiger partial charge is 0.496 e. The first-order valence-corrected chi connectivity index (χ1v) is 6.82. The van der Waals surface area contributed by atoms with Crippen molar-refractivity contribution in [1.82, 2.24) is 5.43 Å². The number of nitrogens with zero attached hydrogens (tertiary/aromatic N) is 1. The molecule has 0 aliphatic heterocycles. The normalized spacial score (nSPS) is 10.6. The lowest BCUT2D eigenvalue weighted by Crippen LogP contribution is -2.17. The van der Waals surface area contributed by atoms with Gasteiger partial charge < -0.3 is 4.74 Å². The molecule has 0 heterocycles. The zero-order chi connectivity index (χ0) is 15.2. The number of ether oxygens (including phenoxy) is 1. The first-order chi connectivity index (χ1) is 10.1. The number of halogens is 2. The standard InChI is InChI=1S/C15H12BrFN2O2/c1-21-14-7-6-10(8-12(14)16)15(20)19-18-9-11-4-2-3-5-13(11)17/h2-9H,1H3,(H,19,20). The van der Waals surface area contributed by atoms with Crippen LogP contribution in [-0.2, 0) is 0 Å². The van der Waals surface area contributed by atoms with Crippen LogP contribution in [0.25, 0.3) is 0 Å². The highest BCUT2D eigenvalue weighted by Gasteiger charge is 2.08. The van der Waals surface area contributed by atoms with Gasteiger partial charge in [-0.25, -0.2) is 9.82 Å². The van der Waals surface area contributed by atoms with Crippen LogP contribution in [0.3, 0.4) is 0 Å². The Bertz CT molecular complexity index is 689. The molecule has 0 unspecified atom stereocenters. The average Bonchev–Trinajstić information content (AvgIpc) is 2.49. The van der Waals surface area contributed by atoms with Gasteiger partial charge in [-0.15, -0.1) is 0 Å². The first-order valence-electron chi connectivity index (χ1n) is 6.03. The van der Waals surface area contributed by atoms with Crippen LogP contribution in [0.5, 0.6) is 5.75 Å². The molecule has 1 amide bonds. The number of hydrogen-bond acceptors (Lipinski definition) is 3. The Morgan fingerprint density at radius 1 is 1.33 bits per heavy atom. The molecule has 0 atom stereocenters. The van der Waals surface area contributed by atoms with E-state index < -0.39 is 11.7 Å². The molecule has 0 spiro atoms. The predicted octanol–water partition coefficient (Wildman–Crippen LogP) is 3.36. The summed E-state index contributed by atoms with van der Waals surface area (Å²) in [5.74, 6) is -0.171. The minimum atomic E-state index is -0.400. The highest BCUT2D eigenvalue weighted by molar-refractivity contribution is 9.10. The van der Waals surface area contributed by atoms with Gasteiger partial charge in [0, 0.05) is 11.1 Å². The van der Waals surface area contributed by atoms with E-state index in [2.05, 4.69) is 26.5 Å². The average molecular weight is 351 g/mol. The van der Waals surface area contributed by atoms with Crippen molar-refractivity contribution in [1.29, 1.82) is 0 Å². The monoisotopic (exact) mass is 350 g/mol. The van der Waals surface area contributed by atoms with E-state index >= 15 is 0 Å². The molecule has 2 aromatic rings. The summed E-state index contributed by atoms with van der Waals surface area (Å²) < 4.78 is 19.1. The predicted molar refractivity (Wildman–Crippen MR) is 82.2 cm³/mol. The van der Waals surface area contributed by atoms with E-state index in [1.54, 1.807) is 43.5 Å². The molecule has 2 aromatic carbocycles. The van der Waals surface area contributed by atoms with E-state index in [-0.39, 0.29) is 0 Å². The fraction of sp³-hybridized carbons (Fsp3) is 0.0667. The van der Waals surface area contributed by atoms with Crippen LogP contribution in [0.4, 0.5) is 4.39 Å². The van der Waals surface area contributed by atoms with Crippen LogP contribution in [0, 0.1) is 5.82 Å². The lowest BCUT2D eigenvalue weighted by molar-refractivity contribution is 0.0955. The minimum Gasteiger partial charge on any atom is -0.496 e. The van der Waals surface area contributed by atoms with Crippen LogP contribution >= 0.6 is 15.9 Å². The number of hydrazone groups is 1. The lowest BCUT2D eigenvalue weighted by atomic mass is 10.2. The SMILES string of the molecule is COc1ccc(C(=O)NN=Cc2ccccc2F)cc1Br. The van der Waals surface area contributed by atoms with Crippen LogP contribution < -0.4 is 10.2 Å². The maximum Gasteiger partial charge on any atom is 0.271 e. The molecule has 0 saturated carbocycles. The molecular weight excluding hydrogens is 339 g/mol. The Hall–Kier alpha value is -2.21. The van der Waals surface area contributed by atoms with E-state index in [0.29, 0.717) is 21.3 Å². The summed E-state index contributed by atoms with van der Waals surface area (Å²) >= 11 is 3.30. The van der Waals surface area contributed by atoms with Crippen LogP contribution in [-0.4, -0.2) is 19.2 Å². The Morgan fingerprint density at radius 2 is 2.10 bits per heavy atom. The summed E-state index contributed by atoms with van der Waals surface area (Å²) in [6.07, 6.45) is 1.26. The third-order valence-electron chi connectivity index (χ3n) is 2.69. The Kier molecular flexibility index (Phi) is 5.05. The van der Waals surface area contributed by atoms with Crippen molar-refractivity contribution >= 4 is 28.1 Å². The van der Waals surface area contributed by atoms with Crippen molar-refractivity contribution in [3.05, 3.63) is 63.9 Å². The third-order valence-corrected chi connectivity index (χ3v) is 3.31. The van der Waals surface area contributed by atoms with Gasteiger partial charge in [-0.05, 0) is 40.2 Å². The highest BCUT2D eigenvalue weighted by Crippen LogP contribution is 2.25. The van der Waals surface area contributed by atoms with E-state index in [1.165, 1.54) is 12.3 Å². The molecule has 0 aliphatic carbocycles. The molecule has 0 aliphatic rings. The number of amides is 1. The van der Waals surface area contributed by atoms with Gasteiger partial charge in [-0.2, -0.15) is 5.10 Å². The smallest absolute Gasteiger partial charge is 0.271 e. The van der Waals surface area contributed by atoms with Gasteiger partial charge in [-0.1, -0.05) is 18.2 Å². The van der Waals surface area contributed by atoms with Crippen LogP contribution in [0.15, 0.2) is 52.0 Å². The molecule has 0 bridgehead atoms. The van der Waals surface area contributed by atoms with Crippen LogP contribution in [0.2, 0.25) is 0 Å². The molecule has 6 heteroatoms. The van der Waals surface area contributed by atoms with Crippen molar-refractivity contribution in [2.24, 2.45) is 5.10 Å². The second-order valence-corrected chi connectivity index (χ2v) is 4.92. The topological polar surface area (TPSA) is 50.7 Å². The van der Waals surface area contributed by atoms with Crippen molar-refractivity contribution in [2.45, 2.75) is 0 Å². The number of rotatable bonds is 4. The second-order valence-electron chi connectivity index (χ2n) is 4.07. The molecular formula is C15H12BrFN2O2. The molecule has 108 valence electrons. The summed E-state index contributed by atoms with van der Waals surface area (Å²) in [7, 11) is 1.54. The van der Waals surface area contributed by atoms with Gasteiger partial charge in [0.05, 0.1) is 17.8 Å². The number of carbonyl (C=O) groups is 1. The molecule has 0 radical (unpaired) electrons. The number of benzene rings is 2. The first kappa shape index (κ1) is 15.2. The summed E-state index contributed by atoms with van der Waals surface area (Å²) in [6.45, 7) is 0. The number of hydrogen-bond donors (Lipinski definition) is 1. The number of nitrogens with one attached hydrogen (secondary N) is 1. The highest BCUT2D eigenvalue weighted by atomic mass is 79.9. The van der Waals surface area contributed by atoms with Gasteiger partial charge in [0.2, 0.25) is 0 Å². The summed E-state index contributed by atoms with van der Waals surface area (Å²) in [5, 5.41) is 3.74. The zero-order valence-electron chi connectivity index (χ0n) is 11.1. The van der Waals surface area contributed by atoms with Gasteiger partial charge in [0.25, 0.3) is 5.91 Å². The fourth-order valence-corrected chi connectivity index (χ4v) is 2.15. The van der Waals surface area contributed by atoms with E-state index in [4.69, 9.17) is 4.74 Å². The van der Waals surface area contributed by atoms with E-state index in [9.17, 15) is 9.18 Å². The zero-order valence-corrected chi connectivity index (χ0v) is 12.7. The minimum absolute atomic E-state index is 0.300. The lowest BCUT2D eigenvalue weighted by Gasteiger charge is -2.05.